The summed E-state index contributed by atoms with van der Waals surface area (Å²) in [5.41, 5.74) is -0.493. The summed E-state index contributed by atoms with van der Waals surface area (Å²) in [4.78, 5) is 43.8. The summed E-state index contributed by atoms with van der Waals surface area (Å²) in [7, 11) is 0. The molecule has 0 spiro atoms. The van der Waals surface area contributed by atoms with E-state index in [1.165, 1.54) is 16.2 Å². The number of nitrogens with zero attached hydrogens (tertiary/aromatic N) is 2. The molecule has 1 aromatic heterocycles. The van der Waals surface area contributed by atoms with Gasteiger partial charge in [-0.15, -0.1) is 11.3 Å². The van der Waals surface area contributed by atoms with Gasteiger partial charge in [-0.05, 0) is 36.3 Å². The lowest BCUT2D eigenvalue weighted by Crippen LogP contribution is -2.49. The van der Waals surface area contributed by atoms with Crippen molar-refractivity contribution >= 4 is 29.1 Å². The molecule has 0 unspecified atom stereocenters. The average Bonchev–Trinajstić information content (AvgIpc) is 3.37. The van der Waals surface area contributed by atoms with Crippen LogP contribution in [0.15, 0.2) is 47.8 Å². The maximum Gasteiger partial charge on any atom is 0.241 e. The number of carbonyl (C=O) groups is 3. The number of amides is 3. The summed E-state index contributed by atoms with van der Waals surface area (Å²) in [6.07, 6.45) is 2.56. The summed E-state index contributed by atoms with van der Waals surface area (Å²) in [5.74, 6) is -0.725. The minimum absolute atomic E-state index is 0.00933. The third-order valence-corrected chi connectivity index (χ3v) is 7.10. The number of thiophene rings is 1. The zero-order valence-corrected chi connectivity index (χ0v) is 17.6. The van der Waals surface area contributed by atoms with Crippen molar-refractivity contribution in [2.45, 2.75) is 50.1 Å². The predicted octanol–water partition coefficient (Wildman–Crippen LogP) is 2.71. The Kier molecular flexibility index (Phi) is 6.01. The van der Waals surface area contributed by atoms with E-state index >= 15 is 0 Å². The van der Waals surface area contributed by atoms with E-state index in [1.807, 2.05) is 47.8 Å². The molecule has 2 saturated heterocycles. The Balaban J connectivity index is 1.65. The molecule has 0 saturated carbocycles. The van der Waals surface area contributed by atoms with Crippen LogP contribution in [0.5, 0.6) is 0 Å². The maximum atomic E-state index is 13.6. The number of hydrogen-bond acceptors (Lipinski definition) is 5. The number of carbonyl (C=O) groups excluding carboxylic acids is 3. The van der Waals surface area contributed by atoms with Gasteiger partial charge in [0.25, 0.3) is 0 Å². The van der Waals surface area contributed by atoms with Crippen LogP contribution in [0, 0.1) is 0 Å². The van der Waals surface area contributed by atoms with Crippen LogP contribution >= 0.6 is 11.3 Å². The Morgan fingerprint density at radius 3 is 2.63 bits per heavy atom. The summed E-state index contributed by atoms with van der Waals surface area (Å²) in [6, 6.07) is 12.8. The summed E-state index contributed by atoms with van der Waals surface area (Å²) in [5, 5.41) is 11.6. The third-order valence-electron chi connectivity index (χ3n) is 6.24. The highest BCUT2D eigenvalue weighted by molar-refractivity contribution is 7.09. The van der Waals surface area contributed by atoms with Crippen molar-refractivity contribution < 1.29 is 19.5 Å². The Hall–Kier alpha value is -2.51. The van der Waals surface area contributed by atoms with Crippen molar-refractivity contribution in [2.75, 3.05) is 13.2 Å². The van der Waals surface area contributed by atoms with Gasteiger partial charge in [-0.1, -0.05) is 36.4 Å². The minimum atomic E-state index is -1.19. The Morgan fingerprint density at radius 1 is 1.13 bits per heavy atom. The van der Waals surface area contributed by atoms with Crippen LogP contribution < -0.4 is 0 Å². The molecule has 7 heteroatoms. The van der Waals surface area contributed by atoms with Crippen LogP contribution in [0.2, 0.25) is 0 Å². The van der Waals surface area contributed by atoms with E-state index in [1.54, 1.807) is 4.90 Å². The van der Waals surface area contributed by atoms with E-state index in [-0.39, 0.29) is 49.8 Å². The summed E-state index contributed by atoms with van der Waals surface area (Å²) >= 11 is 1.50. The van der Waals surface area contributed by atoms with E-state index in [4.69, 9.17) is 0 Å². The first kappa shape index (κ1) is 20.8. The van der Waals surface area contributed by atoms with Gasteiger partial charge in [-0.2, -0.15) is 0 Å². The minimum Gasteiger partial charge on any atom is -0.394 e. The lowest BCUT2D eigenvalue weighted by Gasteiger charge is -2.37. The molecule has 158 valence electrons. The SMILES string of the molecule is O=C1C[C@@](CC(=O)N2CCCC[C@H]2CO)(c2ccccc2)C(=O)N1Cc1cccs1. The molecule has 2 aromatic rings. The van der Waals surface area contributed by atoms with Crippen molar-refractivity contribution in [3.63, 3.8) is 0 Å². The van der Waals surface area contributed by atoms with Crippen LogP contribution in [0.25, 0.3) is 0 Å². The van der Waals surface area contributed by atoms with Crippen LogP contribution in [0.3, 0.4) is 0 Å². The van der Waals surface area contributed by atoms with E-state index in [0.29, 0.717) is 12.1 Å². The lowest BCUT2D eigenvalue weighted by molar-refractivity contribution is -0.144. The summed E-state index contributed by atoms with van der Waals surface area (Å²) < 4.78 is 0. The molecule has 1 N–H and O–H groups in total. The zero-order valence-electron chi connectivity index (χ0n) is 16.8. The normalized spacial score (nSPS) is 24.5. The van der Waals surface area contributed by atoms with Crippen molar-refractivity contribution in [1.82, 2.24) is 9.80 Å². The van der Waals surface area contributed by atoms with Crippen molar-refractivity contribution in [1.29, 1.82) is 0 Å². The van der Waals surface area contributed by atoms with Gasteiger partial charge in [0.05, 0.1) is 24.6 Å². The smallest absolute Gasteiger partial charge is 0.241 e. The number of rotatable bonds is 6. The van der Waals surface area contributed by atoms with Crippen LogP contribution in [0.4, 0.5) is 0 Å². The number of aliphatic hydroxyl groups excluding tert-OH is 1. The number of piperidine rings is 1. The highest BCUT2D eigenvalue weighted by Crippen LogP contribution is 2.41. The molecular weight excluding hydrogens is 400 g/mol. The second-order valence-electron chi connectivity index (χ2n) is 8.09. The Morgan fingerprint density at radius 2 is 1.93 bits per heavy atom. The molecule has 3 amide bonds. The van der Waals surface area contributed by atoms with Crippen molar-refractivity contribution in [2.24, 2.45) is 0 Å². The molecule has 1 aromatic carbocycles. The topological polar surface area (TPSA) is 77.9 Å². The first-order valence-corrected chi connectivity index (χ1v) is 11.3. The van der Waals surface area contributed by atoms with Crippen molar-refractivity contribution in [3.05, 3.63) is 58.3 Å². The van der Waals surface area contributed by atoms with Gasteiger partial charge in [0, 0.05) is 24.3 Å². The molecule has 30 heavy (non-hydrogen) atoms. The fraction of sp³-hybridized carbons (Fsp3) is 0.435. The van der Waals surface area contributed by atoms with E-state index in [9.17, 15) is 19.5 Å². The van der Waals surface area contributed by atoms with Gasteiger partial charge in [-0.3, -0.25) is 19.3 Å². The summed E-state index contributed by atoms with van der Waals surface area (Å²) in [6.45, 7) is 0.735. The fourth-order valence-electron chi connectivity index (χ4n) is 4.62. The third kappa shape index (κ3) is 3.79. The Labute approximate surface area is 180 Å². The van der Waals surface area contributed by atoms with Gasteiger partial charge in [0.2, 0.25) is 17.7 Å². The van der Waals surface area contributed by atoms with Gasteiger partial charge in [-0.25, -0.2) is 0 Å². The molecule has 0 bridgehead atoms. The number of likely N-dealkylation sites (tertiary alicyclic amines) is 2. The molecular formula is C23H26N2O4S. The van der Waals surface area contributed by atoms with E-state index in [0.717, 1.165) is 24.1 Å². The standard InChI is InChI=1S/C23H26N2O4S/c26-16-18-9-4-5-11-24(18)20(27)13-23(17-7-2-1-3-8-17)14-21(28)25(22(23)29)15-19-10-6-12-30-19/h1-3,6-8,10,12,18,26H,4-5,9,11,13-16H2/t18-,23-/m0/s1. The highest BCUT2D eigenvalue weighted by atomic mass is 32.1. The second kappa shape index (κ2) is 8.70. The second-order valence-corrected chi connectivity index (χ2v) is 9.12. The number of benzene rings is 1. The van der Waals surface area contributed by atoms with Crippen LogP contribution in [-0.4, -0.2) is 51.8 Å². The molecule has 0 radical (unpaired) electrons. The first-order valence-electron chi connectivity index (χ1n) is 10.4. The molecule has 4 rings (SSSR count). The first-order chi connectivity index (χ1) is 14.5. The van der Waals surface area contributed by atoms with Crippen molar-refractivity contribution in [3.8, 4) is 0 Å². The largest absolute Gasteiger partial charge is 0.394 e. The number of imide groups is 1. The van der Waals surface area contributed by atoms with Gasteiger partial charge >= 0.3 is 0 Å². The maximum absolute atomic E-state index is 13.6. The molecule has 2 aliphatic rings. The monoisotopic (exact) mass is 426 g/mol. The highest BCUT2D eigenvalue weighted by Gasteiger charge is 2.54. The van der Waals surface area contributed by atoms with Crippen LogP contribution in [-0.2, 0) is 26.3 Å². The Bertz CT molecular complexity index is 915. The van der Waals surface area contributed by atoms with Gasteiger partial charge < -0.3 is 10.0 Å². The molecule has 0 aliphatic carbocycles. The van der Waals surface area contributed by atoms with E-state index < -0.39 is 5.41 Å². The molecule has 2 aliphatic heterocycles. The average molecular weight is 427 g/mol. The molecule has 6 nitrogen and oxygen atoms in total. The predicted molar refractivity (Wildman–Crippen MR) is 114 cm³/mol. The van der Waals surface area contributed by atoms with Crippen LogP contribution in [0.1, 0.15) is 42.5 Å². The molecule has 2 fully saturated rings. The number of hydrogen-bond donors (Lipinski definition) is 1. The quantitative estimate of drug-likeness (QED) is 0.721. The molecule has 2 atom stereocenters. The van der Waals surface area contributed by atoms with E-state index in [2.05, 4.69) is 0 Å². The zero-order chi connectivity index (χ0) is 21.1. The molecule has 3 heterocycles. The number of aliphatic hydroxyl groups is 1. The lowest BCUT2D eigenvalue weighted by atomic mass is 9.75. The van der Waals surface area contributed by atoms with Gasteiger partial charge in [0.1, 0.15) is 0 Å². The van der Waals surface area contributed by atoms with Gasteiger partial charge in [0.15, 0.2) is 0 Å². The fourth-order valence-corrected chi connectivity index (χ4v) is 5.31.